The standard InChI is InChI=1S/C17H17NO2S/c1-10-8-15(21-11(10)2)17(19)12-9-18(3)13-6-5-7-14(20-4)16(12)13/h5-9H,1-4H3. The summed E-state index contributed by atoms with van der Waals surface area (Å²) in [5.74, 6) is 0.799. The summed E-state index contributed by atoms with van der Waals surface area (Å²) in [4.78, 5) is 14.8. The van der Waals surface area contributed by atoms with Gasteiger partial charge in [-0.2, -0.15) is 0 Å². The molecule has 21 heavy (non-hydrogen) atoms. The van der Waals surface area contributed by atoms with Gasteiger partial charge in [0.2, 0.25) is 5.78 Å². The highest BCUT2D eigenvalue weighted by Crippen LogP contribution is 2.33. The summed E-state index contributed by atoms with van der Waals surface area (Å²) in [5.41, 5.74) is 2.87. The van der Waals surface area contributed by atoms with Gasteiger partial charge in [-0.1, -0.05) is 6.07 Å². The average molecular weight is 299 g/mol. The van der Waals surface area contributed by atoms with Crippen LogP contribution in [0.15, 0.2) is 30.5 Å². The van der Waals surface area contributed by atoms with Crippen LogP contribution in [0.25, 0.3) is 10.9 Å². The fourth-order valence-electron chi connectivity index (χ4n) is 2.57. The predicted octanol–water partition coefficient (Wildman–Crippen LogP) is 4.10. The van der Waals surface area contributed by atoms with E-state index in [1.54, 1.807) is 18.4 Å². The Morgan fingerprint density at radius 1 is 1.29 bits per heavy atom. The molecule has 0 unspecified atom stereocenters. The lowest BCUT2D eigenvalue weighted by atomic mass is 10.1. The first-order valence-electron chi connectivity index (χ1n) is 6.76. The molecule has 0 saturated heterocycles. The van der Waals surface area contributed by atoms with Crippen molar-refractivity contribution in [3.8, 4) is 5.75 Å². The van der Waals surface area contributed by atoms with Crippen LogP contribution in [-0.2, 0) is 7.05 Å². The first kappa shape index (κ1) is 13.9. The van der Waals surface area contributed by atoms with Gasteiger partial charge in [-0.25, -0.2) is 0 Å². The second-order valence-electron chi connectivity index (χ2n) is 5.19. The van der Waals surface area contributed by atoms with E-state index >= 15 is 0 Å². The first-order valence-corrected chi connectivity index (χ1v) is 7.58. The maximum Gasteiger partial charge on any atom is 0.205 e. The van der Waals surface area contributed by atoms with Gasteiger partial charge >= 0.3 is 0 Å². The van der Waals surface area contributed by atoms with Crippen LogP contribution in [-0.4, -0.2) is 17.5 Å². The van der Waals surface area contributed by atoms with Gasteiger partial charge in [-0.05, 0) is 37.6 Å². The van der Waals surface area contributed by atoms with Crippen LogP contribution in [0.4, 0.5) is 0 Å². The van der Waals surface area contributed by atoms with E-state index in [9.17, 15) is 4.79 Å². The average Bonchev–Trinajstić information content (AvgIpc) is 2.99. The number of hydrogen-bond acceptors (Lipinski definition) is 3. The monoisotopic (exact) mass is 299 g/mol. The molecule has 0 aliphatic carbocycles. The summed E-state index contributed by atoms with van der Waals surface area (Å²) in [6, 6.07) is 7.80. The Balaban J connectivity index is 2.22. The lowest BCUT2D eigenvalue weighted by molar-refractivity contribution is 0.104. The quantitative estimate of drug-likeness (QED) is 0.682. The fraction of sp³-hybridized carbons (Fsp3) is 0.235. The molecule has 108 valence electrons. The normalized spacial score (nSPS) is 11.0. The number of benzene rings is 1. The van der Waals surface area contributed by atoms with Crippen LogP contribution in [0, 0.1) is 13.8 Å². The molecule has 3 aromatic rings. The van der Waals surface area contributed by atoms with Crippen LogP contribution >= 0.6 is 11.3 Å². The molecule has 0 aliphatic heterocycles. The highest BCUT2D eigenvalue weighted by atomic mass is 32.1. The van der Waals surface area contributed by atoms with Crippen molar-refractivity contribution in [3.05, 3.63) is 51.3 Å². The number of methoxy groups -OCH3 is 1. The highest BCUT2D eigenvalue weighted by Gasteiger charge is 2.20. The number of nitrogens with zero attached hydrogens (tertiary/aromatic N) is 1. The number of carbonyl (C=O) groups excluding carboxylic acids is 1. The molecule has 0 spiro atoms. The molecule has 0 saturated carbocycles. The molecule has 1 aromatic carbocycles. The van der Waals surface area contributed by atoms with Crippen LogP contribution in [0.1, 0.15) is 25.7 Å². The number of ether oxygens (including phenoxy) is 1. The lowest BCUT2D eigenvalue weighted by Gasteiger charge is -2.04. The Morgan fingerprint density at radius 3 is 2.67 bits per heavy atom. The number of fused-ring (bicyclic) bond motifs is 1. The zero-order valence-corrected chi connectivity index (χ0v) is 13.4. The third-order valence-electron chi connectivity index (χ3n) is 3.83. The summed E-state index contributed by atoms with van der Waals surface area (Å²) in [7, 11) is 3.58. The van der Waals surface area contributed by atoms with E-state index in [2.05, 4.69) is 0 Å². The van der Waals surface area contributed by atoms with Crippen molar-refractivity contribution in [2.24, 2.45) is 7.05 Å². The Morgan fingerprint density at radius 2 is 2.05 bits per heavy atom. The number of carbonyl (C=O) groups is 1. The molecule has 0 fully saturated rings. The molecule has 0 N–H and O–H groups in total. The van der Waals surface area contributed by atoms with Gasteiger partial charge in [0.05, 0.1) is 28.5 Å². The summed E-state index contributed by atoms with van der Waals surface area (Å²) in [6.45, 7) is 4.08. The number of aromatic nitrogens is 1. The summed E-state index contributed by atoms with van der Waals surface area (Å²) < 4.78 is 7.40. The van der Waals surface area contributed by atoms with Crippen molar-refractivity contribution in [2.75, 3.05) is 7.11 Å². The van der Waals surface area contributed by atoms with Crippen LogP contribution in [0.2, 0.25) is 0 Å². The second kappa shape index (κ2) is 5.04. The molecule has 0 aliphatic rings. The molecule has 2 heterocycles. The van der Waals surface area contributed by atoms with Crippen molar-refractivity contribution in [1.82, 2.24) is 4.57 Å². The maximum absolute atomic E-state index is 12.8. The first-order chi connectivity index (χ1) is 10.0. The topological polar surface area (TPSA) is 31.2 Å². The Bertz CT molecular complexity index is 822. The summed E-state index contributed by atoms with van der Waals surface area (Å²) in [5, 5.41) is 0.885. The fourth-order valence-corrected chi connectivity index (χ4v) is 3.56. The third-order valence-corrected chi connectivity index (χ3v) is 4.98. The predicted molar refractivity (Wildman–Crippen MR) is 86.7 cm³/mol. The van der Waals surface area contributed by atoms with Gasteiger partial charge in [-0.3, -0.25) is 4.79 Å². The summed E-state index contributed by atoms with van der Waals surface area (Å²) in [6.07, 6.45) is 1.89. The SMILES string of the molecule is COc1cccc2c1c(C(=O)c1cc(C)c(C)s1)cn2C. The van der Waals surface area contributed by atoms with Gasteiger partial charge in [0, 0.05) is 18.1 Å². The third kappa shape index (κ3) is 2.16. The van der Waals surface area contributed by atoms with Crippen molar-refractivity contribution in [3.63, 3.8) is 0 Å². The summed E-state index contributed by atoms with van der Waals surface area (Å²) >= 11 is 1.55. The van der Waals surface area contributed by atoms with Crippen LogP contribution < -0.4 is 4.74 Å². The Kier molecular flexibility index (Phi) is 3.33. The molecular weight excluding hydrogens is 282 g/mol. The van der Waals surface area contributed by atoms with Gasteiger partial charge in [0.25, 0.3) is 0 Å². The minimum absolute atomic E-state index is 0.0614. The van der Waals surface area contributed by atoms with Crippen LogP contribution in [0.3, 0.4) is 0 Å². The number of ketones is 1. The smallest absolute Gasteiger partial charge is 0.205 e. The number of thiophene rings is 1. The van der Waals surface area contributed by atoms with Gasteiger partial charge < -0.3 is 9.30 Å². The van der Waals surface area contributed by atoms with Crippen LogP contribution in [0.5, 0.6) is 5.75 Å². The van der Waals surface area contributed by atoms with Gasteiger partial charge in [-0.15, -0.1) is 11.3 Å². The van der Waals surface area contributed by atoms with E-state index in [0.717, 1.165) is 27.1 Å². The Labute approximate surface area is 127 Å². The minimum Gasteiger partial charge on any atom is -0.496 e. The molecule has 4 heteroatoms. The molecule has 2 aromatic heterocycles. The molecule has 3 rings (SSSR count). The number of hydrogen-bond donors (Lipinski definition) is 0. The van der Waals surface area contributed by atoms with Crippen molar-refractivity contribution >= 4 is 28.0 Å². The number of aryl methyl sites for hydroxylation is 3. The van der Waals surface area contributed by atoms with E-state index < -0.39 is 0 Å². The van der Waals surface area contributed by atoms with E-state index in [-0.39, 0.29) is 5.78 Å². The molecular formula is C17H17NO2S. The van der Waals surface area contributed by atoms with Gasteiger partial charge in [0.15, 0.2) is 0 Å². The van der Waals surface area contributed by atoms with Crippen molar-refractivity contribution in [2.45, 2.75) is 13.8 Å². The largest absolute Gasteiger partial charge is 0.496 e. The zero-order valence-electron chi connectivity index (χ0n) is 12.6. The number of rotatable bonds is 3. The van der Waals surface area contributed by atoms with E-state index in [0.29, 0.717) is 5.56 Å². The van der Waals surface area contributed by atoms with E-state index in [1.807, 2.05) is 55.9 Å². The highest BCUT2D eigenvalue weighted by molar-refractivity contribution is 7.14. The Hall–Kier alpha value is -2.07. The molecule has 0 bridgehead atoms. The lowest BCUT2D eigenvalue weighted by Crippen LogP contribution is -1.98. The molecule has 0 atom stereocenters. The maximum atomic E-state index is 12.8. The molecule has 0 amide bonds. The minimum atomic E-state index is 0.0614. The van der Waals surface area contributed by atoms with Gasteiger partial charge in [0.1, 0.15) is 5.75 Å². The second-order valence-corrected chi connectivity index (χ2v) is 6.44. The van der Waals surface area contributed by atoms with E-state index in [4.69, 9.17) is 4.74 Å². The molecule has 0 radical (unpaired) electrons. The zero-order chi connectivity index (χ0) is 15.1. The van der Waals surface area contributed by atoms with Crippen molar-refractivity contribution < 1.29 is 9.53 Å². The van der Waals surface area contributed by atoms with Crippen molar-refractivity contribution in [1.29, 1.82) is 0 Å². The van der Waals surface area contributed by atoms with E-state index in [1.165, 1.54) is 4.88 Å². The molecule has 3 nitrogen and oxygen atoms in total.